The summed E-state index contributed by atoms with van der Waals surface area (Å²) in [6.45, 7) is 5.04. The Bertz CT molecular complexity index is 772. The smallest absolute Gasteiger partial charge is 0.224 e. The zero-order valence-corrected chi connectivity index (χ0v) is 16.1. The molecule has 0 atom stereocenters. The number of nitrogens with zero attached hydrogens (tertiary/aromatic N) is 3. The van der Waals surface area contributed by atoms with E-state index in [9.17, 15) is 0 Å². The van der Waals surface area contributed by atoms with Crippen molar-refractivity contribution in [1.82, 2.24) is 9.97 Å². The average Bonchev–Trinajstić information content (AvgIpc) is 2.67. The first-order chi connectivity index (χ1) is 12.6. The Morgan fingerprint density at radius 2 is 1.88 bits per heavy atom. The van der Waals surface area contributed by atoms with Crippen molar-refractivity contribution in [1.29, 1.82) is 0 Å². The summed E-state index contributed by atoms with van der Waals surface area (Å²) in [6.07, 6.45) is 8.92. The zero-order valence-electron chi connectivity index (χ0n) is 15.4. The van der Waals surface area contributed by atoms with Crippen molar-refractivity contribution in [2.24, 2.45) is 5.41 Å². The molecular formula is C21H26ClN3O. The van der Waals surface area contributed by atoms with E-state index >= 15 is 0 Å². The molecule has 0 radical (unpaired) electrons. The van der Waals surface area contributed by atoms with Crippen LogP contribution in [0.1, 0.15) is 43.7 Å². The maximum atomic E-state index is 6.21. The van der Waals surface area contributed by atoms with Crippen molar-refractivity contribution in [2.75, 3.05) is 24.6 Å². The molecule has 138 valence electrons. The highest BCUT2D eigenvalue weighted by molar-refractivity contribution is 6.28. The van der Waals surface area contributed by atoms with E-state index in [2.05, 4.69) is 40.0 Å². The number of piperidine rings is 1. The van der Waals surface area contributed by atoms with E-state index in [0.29, 0.717) is 5.28 Å². The first-order valence-electron chi connectivity index (χ1n) is 9.59. The van der Waals surface area contributed by atoms with Crippen molar-refractivity contribution in [3.63, 3.8) is 0 Å². The van der Waals surface area contributed by atoms with Crippen molar-refractivity contribution in [3.8, 4) is 5.75 Å². The molecule has 0 amide bonds. The first-order valence-corrected chi connectivity index (χ1v) is 9.97. The molecule has 2 heterocycles. The Balaban J connectivity index is 1.34. The Morgan fingerprint density at radius 1 is 1.12 bits per heavy atom. The zero-order chi connectivity index (χ0) is 18.0. The third kappa shape index (κ3) is 3.96. The van der Waals surface area contributed by atoms with Crippen LogP contribution in [0.4, 0.5) is 5.82 Å². The van der Waals surface area contributed by atoms with Gasteiger partial charge in [-0.25, -0.2) is 9.97 Å². The third-order valence-electron chi connectivity index (χ3n) is 5.81. The SMILES string of the molecule is CC1(COc2ccc3c(c2)CCCC3)CCN(c2ccnc(Cl)n2)CC1. The van der Waals surface area contributed by atoms with E-state index in [1.165, 1.54) is 36.8 Å². The fourth-order valence-corrected chi connectivity index (χ4v) is 4.12. The van der Waals surface area contributed by atoms with Gasteiger partial charge in [-0.2, -0.15) is 0 Å². The number of benzene rings is 1. The summed E-state index contributed by atoms with van der Waals surface area (Å²) < 4.78 is 6.21. The predicted octanol–water partition coefficient (Wildman–Crippen LogP) is 4.69. The highest BCUT2D eigenvalue weighted by Gasteiger charge is 2.31. The van der Waals surface area contributed by atoms with Crippen molar-refractivity contribution in [2.45, 2.75) is 45.4 Å². The molecule has 4 rings (SSSR count). The molecule has 1 aliphatic heterocycles. The molecule has 0 N–H and O–H groups in total. The molecule has 1 fully saturated rings. The maximum Gasteiger partial charge on any atom is 0.224 e. The number of aryl methyl sites for hydroxylation is 2. The molecule has 26 heavy (non-hydrogen) atoms. The Morgan fingerprint density at radius 3 is 2.65 bits per heavy atom. The highest BCUT2D eigenvalue weighted by atomic mass is 35.5. The van der Waals surface area contributed by atoms with Gasteiger partial charge in [-0.1, -0.05) is 13.0 Å². The van der Waals surface area contributed by atoms with E-state index in [1.807, 2.05) is 6.07 Å². The molecule has 2 aliphatic rings. The lowest BCUT2D eigenvalue weighted by atomic mass is 9.81. The molecule has 2 aromatic rings. The van der Waals surface area contributed by atoms with Crippen LogP contribution < -0.4 is 9.64 Å². The summed E-state index contributed by atoms with van der Waals surface area (Å²) in [6, 6.07) is 8.59. The molecular weight excluding hydrogens is 346 g/mol. The molecule has 1 aromatic carbocycles. The summed E-state index contributed by atoms with van der Waals surface area (Å²) in [5.41, 5.74) is 3.18. The Kier molecular flexibility index (Phi) is 5.03. The van der Waals surface area contributed by atoms with E-state index in [0.717, 1.165) is 44.1 Å². The van der Waals surface area contributed by atoms with E-state index in [4.69, 9.17) is 16.3 Å². The summed E-state index contributed by atoms with van der Waals surface area (Å²) >= 11 is 5.92. The molecule has 1 saturated heterocycles. The number of anilines is 1. The molecule has 4 nitrogen and oxygen atoms in total. The van der Waals surface area contributed by atoms with Crippen LogP contribution in [0.25, 0.3) is 0 Å². The number of aromatic nitrogens is 2. The fraction of sp³-hybridized carbons (Fsp3) is 0.524. The summed E-state index contributed by atoms with van der Waals surface area (Å²) in [4.78, 5) is 10.6. The number of rotatable bonds is 4. The van der Waals surface area contributed by atoms with E-state index in [1.54, 1.807) is 6.20 Å². The molecule has 0 saturated carbocycles. The molecule has 0 bridgehead atoms. The standard InChI is InChI=1S/C21H26ClN3O/c1-21(9-12-25(13-10-21)19-8-11-23-20(22)24-19)15-26-18-7-6-16-4-2-3-5-17(16)14-18/h6-8,11,14H,2-5,9-10,12-13,15H2,1H3. The van der Waals surface area contributed by atoms with Gasteiger partial charge in [-0.15, -0.1) is 0 Å². The Labute approximate surface area is 160 Å². The quantitative estimate of drug-likeness (QED) is 0.730. The van der Waals surface area contributed by atoms with E-state index < -0.39 is 0 Å². The number of fused-ring (bicyclic) bond motifs is 1. The lowest BCUT2D eigenvalue weighted by molar-refractivity contribution is 0.131. The van der Waals surface area contributed by atoms with Gasteiger partial charge in [0.05, 0.1) is 6.61 Å². The van der Waals surface area contributed by atoms with Gasteiger partial charge in [-0.05, 0) is 79.5 Å². The number of ether oxygens (including phenoxy) is 1. The van der Waals surface area contributed by atoms with Crippen molar-refractivity contribution < 1.29 is 4.74 Å². The van der Waals surface area contributed by atoms with Gasteiger partial charge < -0.3 is 9.64 Å². The normalized spacial score (nSPS) is 19.1. The van der Waals surface area contributed by atoms with Gasteiger partial charge in [-0.3, -0.25) is 0 Å². The number of hydrogen-bond acceptors (Lipinski definition) is 4. The van der Waals surface area contributed by atoms with Gasteiger partial charge in [0.1, 0.15) is 11.6 Å². The van der Waals surface area contributed by atoms with Crippen LogP contribution in [0.15, 0.2) is 30.5 Å². The van der Waals surface area contributed by atoms with Gasteiger partial charge in [0, 0.05) is 24.7 Å². The van der Waals surface area contributed by atoms with Crippen molar-refractivity contribution >= 4 is 17.4 Å². The lowest BCUT2D eigenvalue weighted by Crippen LogP contribution is -2.41. The minimum absolute atomic E-state index is 0.198. The summed E-state index contributed by atoms with van der Waals surface area (Å²) in [5.74, 6) is 1.94. The molecule has 0 spiro atoms. The average molecular weight is 372 g/mol. The first kappa shape index (κ1) is 17.6. The van der Waals surface area contributed by atoms with Gasteiger partial charge in [0.2, 0.25) is 5.28 Å². The van der Waals surface area contributed by atoms with Crippen LogP contribution in [0, 0.1) is 5.41 Å². The van der Waals surface area contributed by atoms with Gasteiger partial charge in [0.15, 0.2) is 0 Å². The highest BCUT2D eigenvalue weighted by Crippen LogP contribution is 2.34. The molecule has 1 aromatic heterocycles. The van der Waals surface area contributed by atoms with Crippen LogP contribution in [0.2, 0.25) is 5.28 Å². The minimum Gasteiger partial charge on any atom is -0.493 e. The molecule has 5 heteroatoms. The largest absolute Gasteiger partial charge is 0.493 e. The topological polar surface area (TPSA) is 38.2 Å². The minimum atomic E-state index is 0.198. The second-order valence-corrected chi connectivity index (χ2v) is 8.25. The van der Waals surface area contributed by atoms with Crippen LogP contribution in [0.5, 0.6) is 5.75 Å². The van der Waals surface area contributed by atoms with Crippen LogP contribution in [-0.2, 0) is 12.8 Å². The fourth-order valence-electron chi connectivity index (χ4n) is 3.98. The van der Waals surface area contributed by atoms with Crippen LogP contribution in [-0.4, -0.2) is 29.7 Å². The predicted molar refractivity (Wildman–Crippen MR) is 105 cm³/mol. The number of halogens is 1. The van der Waals surface area contributed by atoms with Crippen molar-refractivity contribution in [3.05, 3.63) is 46.9 Å². The Hall–Kier alpha value is -1.81. The second-order valence-electron chi connectivity index (χ2n) is 7.91. The van der Waals surface area contributed by atoms with Gasteiger partial charge in [0.25, 0.3) is 0 Å². The maximum absolute atomic E-state index is 6.21. The summed E-state index contributed by atoms with van der Waals surface area (Å²) in [5, 5.41) is 0.312. The van der Waals surface area contributed by atoms with Crippen LogP contribution >= 0.6 is 11.6 Å². The van der Waals surface area contributed by atoms with Gasteiger partial charge >= 0.3 is 0 Å². The third-order valence-corrected chi connectivity index (χ3v) is 6.00. The second kappa shape index (κ2) is 7.43. The molecule has 0 unspecified atom stereocenters. The molecule has 1 aliphatic carbocycles. The summed E-state index contributed by atoms with van der Waals surface area (Å²) in [7, 11) is 0. The lowest BCUT2D eigenvalue weighted by Gasteiger charge is -2.39. The number of hydrogen-bond donors (Lipinski definition) is 0. The van der Waals surface area contributed by atoms with Crippen LogP contribution in [0.3, 0.4) is 0 Å². The van der Waals surface area contributed by atoms with E-state index in [-0.39, 0.29) is 5.41 Å². The monoisotopic (exact) mass is 371 g/mol.